The van der Waals surface area contributed by atoms with E-state index in [1.54, 1.807) is 30.9 Å². The van der Waals surface area contributed by atoms with Gasteiger partial charge in [0.1, 0.15) is 11.5 Å². The monoisotopic (exact) mass is 469 g/mol. The van der Waals surface area contributed by atoms with Crippen LogP contribution in [0.1, 0.15) is 55.4 Å². The van der Waals surface area contributed by atoms with E-state index in [0.29, 0.717) is 50.5 Å². The molecule has 1 aromatic heterocycles. The van der Waals surface area contributed by atoms with E-state index < -0.39 is 28.8 Å². The van der Waals surface area contributed by atoms with Gasteiger partial charge in [0.15, 0.2) is 0 Å². The Balaban J connectivity index is 0.00000324. The molecule has 1 aromatic carbocycles. The molecule has 5 nitrogen and oxygen atoms in total. The number of aliphatic hydroxyl groups is 1. The van der Waals surface area contributed by atoms with Crippen LogP contribution in [0.4, 0.5) is 17.6 Å². The van der Waals surface area contributed by atoms with Crippen molar-refractivity contribution in [2.75, 3.05) is 26.7 Å². The molecule has 2 aliphatic rings. The van der Waals surface area contributed by atoms with Gasteiger partial charge in [-0.2, -0.15) is 13.2 Å². The molecule has 0 aliphatic carbocycles. The molecule has 3 heterocycles. The Morgan fingerprint density at radius 3 is 2.24 bits per heavy atom. The zero-order valence-corrected chi connectivity index (χ0v) is 19.0. The number of hydrogen-bond donors (Lipinski definition) is 1. The van der Waals surface area contributed by atoms with Gasteiger partial charge in [-0.1, -0.05) is 12.1 Å². The summed E-state index contributed by atoms with van der Waals surface area (Å²) < 4.78 is 56.3. The van der Waals surface area contributed by atoms with Crippen LogP contribution in [0.25, 0.3) is 0 Å². The predicted molar refractivity (Wildman–Crippen MR) is 117 cm³/mol. The van der Waals surface area contributed by atoms with Crippen molar-refractivity contribution in [2.24, 2.45) is 0 Å². The van der Waals surface area contributed by atoms with E-state index in [1.165, 1.54) is 0 Å². The fourth-order valence-electron chi connectivity index (χ4n) is 5.25. The molecule has 1 saturated heterocycles. The lowest BCUT2D eigenvalue weighted by molar-refractivity contribution is -0.144. The fourth-order valence-corrected chi connectivity index (χ4v) is 5.25. The molecule has 0 bridgehead atoms. The second-order valence-electron chi connectivity index (χ2n) is 9.81. The zero-order chi connectivity index (χ0) is 24.2. The van der Waals surface area contributed by atoms with Gasteiger partial charge in [0.05, 0.1) is 16.8 Å². The van der Waals surface area contributed by atoms with E-state index in [2.05, 4.69) is 0 Å². The van der Waals surface area contributed by atoms with Crippen molar-refractivity contribution >= 4 is 5.91 Å². The summed E-state index contributed by atoms with van der Waals surface area (Å²) in [6, 6.07) is 7.67. The minimum atomic E-state index is -4.62. The number of carbonyl (C=O) groups is 1. The number of nitrogens with zero attached hydrogens (tertiary/aromatic N) is 3. The Morgan fingerprint density at radius 2 is 1.70 bits per heavy atom. The molecule has 1 spiro atoms. The average Bonchev–Trinajstić information content (AvgIpc) is 3.08. The highest BCUT2D eigenvalue weighted by atomic mass is 19.4. The van der Waals surface area contributed by atoms with Gasteiger partial charge >= 0.3 is 6.18 Å². The van der Waals surface area contributed by atoms with Gasteiger partial charge in [0, 0.05) is 45.7 Å². The Hall–Kier alpha value is -2.39. The van der Waals surface area contributed by atoms with Crippen molar-refractivity contribution in [2.45, 2.75) is 57.0 Å². The van der Waals surface area contributed by atoms with Crippen molar-refractivity contribution in [3.63, 3.8) is 0 Å². The molecule has 2 aromatic rings. The SMILES string of the molecule is CN1CCn2c(C(F)(F)F)cc(F)c2C12CCN(C(=O)c1ccc(CC(C)(C)O)cc1)CC2.[HH]. The van der Waals surface area contributed by atoms with Crippen LogP contribution in [-0.4, -0.2) is 57.7 Å². The van der Waals surface area contributed by atoms with E-state index in [9.17, 15) is 27.5 Å². The van der Waals surface area contributed by atoms with Crippen LogP contribution in [0, 0.1) is 5.82 Å². The first-order valence-corrected chi connectivity index (χ1v) is 11.1. The van der Waals surface area contributed by atoms with Crippen molar-refractivity contribution in [1.82, 2.24) is 14.4 Å². The molecule has 1 N–H and O–H groups in total. The first kappa shape index (κ1) is 23.8. The van der Waals surface area contributed by atoms with Crippen molar-refractivity contribution < 1.29 is 28.9 Å². The van der Waals surface area contributed by atoms with Gasteiger partial charge < -0.3 is 14.6 Å². The van der Waals surface area contributed by atoms with E-state index in [-0.39, 0.29) is 19.6 Å². The smallest absolute Gasteiger partial charge is 0.390 e. The summed E-state index contributed by atoms with van der Waals surface area (Å²) in [5, 5.41) is 9.96. The number of rotatable bonds is 3. The number of fused-ring (bicyclic) bond motifs is 2. The first-order valence-electron chi connectivity index (χ1n) is 11.1. The molecule has 0 atom stereocenters. The maximum absolute atomic E-state index is 14.9. The third kappa shape index (κ3) is 4.40. The topological polar surface area (TPSA) is 48.7 Å². The van der Waals surface area contributed by atoms with Gasteiger partial charge in [-0.15, -0.1) is 0 Å². The summed E-state index contributed by atoms with van der Waals surface area (Å²) in [5.74, 6) is -0.999. The second-order valence-corrected chi connectivity index (χ2v) is 9.81. The summed E-state index contributed by atoms with van der Waals surface area (Å²) in [7, 11) is 1.81. The molecular formula is C24H31F4N3O2. The molecule has 2 aliphatic heterocycles. The molecule has 0 unspecified atom stereocenters. The summed E-state index contributed by atoms with van der Waals surface area (Å²) in [6.45, 7) is 4.53. The summed E-state index contributed by atoms with van der Waals surface area (Å²) in [6.07, 6.45) is -3.45. The third-order valence-corrected chi connectivity index (χ3v) is 6.89. The standard InChI is InChI=1S/C24H29F4N3O2.H2/c1-22(2,33)15-16-4-6-17(7-5-16)21(32)30-10-8-23(9-11-30)20-18(25)14-19(24(26,27)28)31(20)13-12-29(23)3;/h4-7,14,33H,8-13,15H2,1-3H3;1H. The second kappa shape index (κ2) is 8.13. The van der Waals surface area contributed by atoms with Crippen LogP contribution in [0.15, 0.2) is 30.3 Å². The predicted octanol–water partition coefficient (Wildman–Crippen LogP) is 4.28. The lowest BCUT2D eigenvalue weighted by Crippen LogP contribution is -2.57. The number of hydrogen-bond acceptors (Lipinski definition) is 3. The van der Waals surface area contributed by atoms with Crippen molar-refractivity contribution in [3.8, 4) is 0 Å². The zero-order valence-electron chi connectivity index (χ0n) is 19.0. The molecule has 182 valence electrons. The van der Waals surface area contributed by atoms with Crippen LogP contribution in [0.2, 0.25) is 0 Å². The number of carbonyl (C=O) groups excluding carboxylic acids is 1. The third-order valence-electron chi connectivity index (χ3n) is 6.89. The quantitative estimate of drug-likeness (QED) is 0.683. The van der Waals surface area contributed by atoms with Crippen LogP contribution < -0.4 is 0 Å². The van der Waals surface area contributed by atoms with E-state index in [4.69, 9.17) is 0 Å². The summed E-state index contributed by atoms with van der Waals surface area (Å²) in [4.78, 5) is 16.6. The number of likely N-dealkylation sites (tertiary alicyclic amines) is 1. The number of halogens is 4. The van der Waals surface area contributed by atoms with E-state index in [1.807, 2.05) is 24.1 Å². The molecule has 0 saturated carbocycles. The molecule has 0 radical (unpaired) electrons. The number of aromatic nitrogens is 1. The Morgan fingerprint density at radius 1 is 1.09 bits per heavy atom. The van der Waals surface area contributed by atoms with Crippen LogP contribution in [-0.2, 0) is 24.7 Å². The Bertz CT molecular complexity index is 1040. The molecular weight excluding hydrogens is 438 g/mol. The minimum Gasteiger partial charge on any atom is -0.390 e. The number of piperidine rings is 1. The highest BCUT2D eigenvalue weighted by Crippen LogP contribution is 2.45. The molecule has 33 heavy (non-hydrogen) atoms. The van der Waals surface area contributed by atoms with Crippen LogP contribution >= 0.6 is 0 Å². The van der Waals surface area contributed by atoms with Crippen molar-refractivity contribution in [3.05, 3.63) is 58.7 Å². The highest BCUT2D eigenvalue weighted by Gasteiger charge is 2.49. The average molecular weight is 470 g/mol. The summed E-state index contributed by atoms with van der Waals surface area (Å²) >= 11 is 0. The van der Waals surface area contributed by atoms with Crippen LogP contribution in [0.5, 0.6) is 0 Å². The maximum Gasteiger partial charge on any atom is 0.431 e. The fraction of sp³-hybridized carbons (Fsp3) is 0.542. The van der Waals surface area contributed by atoms with Gasteiger partial charge in [-0.25, -0.2) is 4.39 Å². The normalized spacial score (nSPS) is 19.1. The number of likely N-dealkylation sites (N-methyl/N-ethyl adjacent to an activating group) is 1. The molecule has 1 amide bonds. The van der Waals surface area contributed by atoms with Gasteiger partial charge in [0.2, 0.25) is 0 Å². The molecule has 9 heteroatoms. The molecule has 4 rings (SSSR count). The first-order chi connectivity index (χ1) is 15.3. The van der Waals surface area contributed by atoms with Gasteiger partial charge in [-0.3, -0.25) is 9.69 Å². The number of alkyl halides is 3. The number of amides is 1. The van der Waals surface area contributed by atoms with Gasteiger partial charge in [-0.05, 0) is 51.4 Å². The lowest BCUT2D eigenvalue weighted by atomic mass is 9.81. The van der Waals surface area contributed by atoms with E-state index in [0.717, 1.165) is 10.1 Å². The molecule has 1 fully saturated rings. The van der Waals surface area contributed by atoms with Gasteiger partial charge in [0.25, 0.3) is 5.91 Å². The lowest BCUT2D eigenvalue weighted by Gasteiger charge is -2.50. The largest absolute Gasteiger partial charge is 0.431 e. The van der Waals surface area contributed by atoms with E-state index >= 15 is 0 Å². The minimum absolute atomic E-state index is 0. The Kier molecular flexibility index (Phi) is 5.85. The summed E-state index contributed by atoms with van der Waals surface area (Å²) in [5.41, 5.74) is -1.18. The van der Waals surface area contributed by atoms with Crippen LogP contribution in [0.3, 0.4) is 0 Å². The Labute approximate surface area is 192 Å². The van der Waals surface area contributed by atoms with Crippen molar-refractivity contribution in [1.29, 1.82) is 0 Å². The maximum atomic E-state index is 14.9. The highest BCUT2D eigenvalue weighted by molar-refractivity contribution is 5.94. The number of benzene rings is 1.